The lowest BCUT2D eigenvalue weighted by Gasteiger charge is -2.09. The molecule has 25 heavy (non-hydrogen) atoms. The fourth-order valence-corrected chi connectivity index (χ4v) is 2.46. The first-order valence-electron chi connectivity index (χ1n) is 7.46. The molecule has 0 bridgehead atoms. The van der Waals surface area contributed by atoms with Crippen LogP contribution in [-0.2, 0) is 6.54 Å². The van der Waals surface area contributed by atoms with E-state index < -0.39 is 0 Å². The van der Waals surface area contributed by atoms with E-state index in [9.17, 15) is 4.79 Å². The van der Waals surface area contributed by atoms with Crippen LogP contribution < -0.4 is 10.6 Å². The molecule has 0 atom stereocenters. The summed E-state index contributed by atoms with van der Waals surface area (Å²) < 4.78 is 0. The van der Waals surface area contributed by atoms with E-state index in [2.05, 4.69) is 20.6 Å². The maximum Gasteiger partial charge on any atom is 0.253 e. The van der Waals surface area contributed by atoms with E-state index in [1.807, 2.05) is 12.1 Å². The van der Waals surface area contributed by atoms with Gasteiger partial charge in [0.15, 0.2) is 0 Å². The third kappa shape index (κ3) is 4.68. The van der Waals surface area contributed by atoms with Gasteiger partial charge < -0.3 is 10.6 Å². The molecule has 1 amide bonds. The van der Waals surface area contributed by atoms with Gasteiger partial charge >= 0.3 is 0 Å². The molecular formula is C18H14Cl2N4O. The van der Waals surface area contributed by atoms with E-state index in [4.69, 9.17) is 23.2 Å². The monoisotopic (exact) mass is 372 g/mol. The third-order valence-electron chi connectivity index (χ3n) is 3.38. The molecule has 5 nitrogen and oxygen atoms in total. The first-order chi connectivity index (χ1) is 12.1. The Morgan fingerprint density at radius 3 is 2.60 bits per heavy atom. The van der Waals surface area contributed by atoms with Crippen molar-refractivity contribution in [3.8, 4) is 0 Å². The predicted molar refractivity (Wildman–Crippen MR) is 99.4 cm³/mol. The number of halogens is 2. The highest BCUT2D eigenvalue weighted by molar-refractivity contribution is 6.42. The van der Waals surface area contributed by atoms with E-state index in [1.54, 1.807) is 42.9 Å². The summed E-state index contributed by atoms with van der Waals surface area (Å²) in [4.78, 5) is 20.4. The van der Waals surface area contributed by atoms with Gasteiger partial charge in [0.2, 0.25) is 0 Å². The Bertz CT molecular complexity index is 887. The zero-order valence-electron chi connectivity index (χ0n) is 13.0. The molecule has 0 saturated carbocycles. The molecule has 0 radical (unpaired) electrons. The Morgan fingerprint density at radius 2 is 1.84 bits per heavy atom. The number of carbonyl (C=O) groups is 1. The van der Waals surface area contributed by atoms with Crippen molar-refractivity contribution in [3.05, 3.63) is 82.4 Å². The van der Waals surface area contributed by atoms with Gasteiger partial charge in [-0.15, -0.1) is 0 Å². The molecule has 126 valence electrons. The van der Waals surface area contributed by atoms with Gasteiger partial charge in [-0.2, -0.15) is 0 Å². The number of nitrogens with zero attached hydrogens (tertiary/aromatic N) is 2. The number of nitrogens with one attached hydrogen (secondary N) is 2. The number of rotatable bonds is 5. The maximum absolute atomic E-state index is 12.3. The van der Waals surface area contributed by atoms with Crippen LogP contribution in [0.4, 0.5) is 11.4 Å². The van der Waals surface area contributed by atoms with Crippen LogP contribution >= 0.6 is 23.2 Å². The fourth-order valence-electron chi connectivity index (χ4n) is 2.16. The normalized spacial score (nSPS) is 10.3. The number of hydrogen-bond acceptors (Lipinski definition) is 4. The lowest BCUT2D eigenvalue weighted by atomic mass is 10.2. The average Bonchev–Trinajstić information content (AvgIpc) is 2.64. The molecule has 2 aromatic heterocycles. The van der Waals surface area contributed by atoms with Gasteiger partial charge in [-0.1, -0.05) is 29.3 Å². The summed E-state index contributed by atoms with van der Waals surface area (Å²) in [6.07, 6.45) is 6.53. The fraction of sp³-hybridized carbons (Fsp3) is 0.0556. The number of aromatic nitrogens is 2. The van der Waals surface area contributed by atoms with Crippen molar-refractivity contribution in [2.24, 2.45) is 0 Å². The van der Waals surface area contributed by atoms with Gasteiger partial charge in [0.05, 0.1) is 27.5 Å². The highest BCUT2D eigenvalue weighted by atomic mass is 35.5. The van der Waals surface area contributed by atoms with Crippen molar-refractivity contribution in [2.75, 3.05) is 5.32 Å². The van der Waals surface area contributed by atoms with E-state index in [0.29, 0.717) is 27.8 Å². The summed E-state index contributed by atoms with van der Waals surface area (Å²) in [6, 6.07) is 10.6. The summed E-state index contributed by atoms with van der Waals surface area (Å²) in [5.41, 5.74) is 2.80. The standard InChI is InChI=1S/C18H14Cl2N4O/c19-16-4-3-14(7-17(16)20)24-15-6-13(10-22-11-15)18(25)23-9-12-2-1-5-21-8-12/h1-8,10-11,24H,9H2,(H,23,25). The van der Waals surface area contributed by atoms with Crippen molar-refractivity contribution < 1.29 is 4.79 Å². The number of anilines is 2. The van der Waals surface area contributed by atoms with E-state index >= 15 is 0 Å². The lowest BCUT2D eigenvalue weighted by Crippen LogP contribution is -2.23. The number of carbonyl (C=O) groups excluding carboxylic acids is 1. The largest absolute Gasteiger partial charge is 0.354 e. The van der Waals surface area contributed by atoms with Crippen LogP contribution in [0, 0.1) is 0 Å². The topological polar surface area (TPSA) is 66.9 Å². The highest BCUT2D eigenvalue weighted by Gasteiger charge is 2.08. The Balaban J connectivity index is 1.68. The molecule has 0 unspecified atom stereocenters. The van der Waals surface area contributed by atoms with Crippen LogP contribution in [0.2, 0.25) is 10.0 Å². The second-order valence-electron chi connectivity index (χ2n) is 5.26. The number of hydrogen-bond donors (Lipinski definition) is 2. The molecule has 1 aromatic carbocycles. The van der Waals surface area contributed by atoms with Gasteiger partial charge in [0.25, 0.3) is 5.91 Å². The van der Waals surface area contributed by atoms with Gasteiger partial charge in [-0.25, -0.2) is 0 Å². The van der Waals surface area contributed by atoms with E-state index in [0.717, 1.165) is 11.3 Å². The molecule has 3 aromatic rings. The Labute approximate surface area is 155 Å². The van der Waals surface area contributed by atoms with Crippen molar-refractivity contribution in [1.82, 2.24) is 15.3 Å². The molecule has 0 aliphatic carbocycles. The summed E-state index contributed by atoms with van der Waals surface area (Å²) in [7, 11) is 0. The summed E-state index contributed by atoms with van der Waals surface area (Å²) >= 11 is 11.9. The minimum absolute atomic E-state index is 0.214. The van der Waals surface area contributed by atoms with Crippen molar-refractivity contribution in [1.29, 1.82) is 0 Å². The maximum atomic E-state index is 12.3. The molecule has 3 rings (SSSR count). The SMILES string of the molecule is O=C(NCc1cccnc1)c1cncc(Nc2ccc(Cl)c(Cl)c2)c1. The molecule has 2 heterocycles. The molecular weight excluding hydrogens is 359 g/mol. The van der Waals surface area contributed by atoms with Gasteiger partial charge in [-0.05, 0) is 35.9 Å². The van der Waals surface area contributed by atoms with E-state index in [-0.39, 0.29) is 5.91 Å². The number of pyridine rings is 2. The second-order valence-corrected chi connectivity index (χ2v) is 6.07. The van der Waals surface area contributed by atoms with Crippen LogP contribution in [0.15, 0.2) is 61.2 Å². The Hall–Kier alpha value is -2.63. The summed E-state index contributed by atoms with van der Waals surface area (Å²) in [5.74, 6) is -0.214. The summed E-state index contributed by atoms with van der Waals surface area (Å²) in [6.45, 7) is 0.400. The molecule has 2 N–H and O–H groups in total. The minimum atomic E-state index is -0.214. The van der Waals surface area contributed by atoms with Crippen LogP contribution in [0.1, 0.15) is 15.9 Å². The van der Waals surface area contributed by atoms with Gasteiger partial charge in [0.1, 0.15) is 0 Å². The second kappa shape index (κ2) is 7.96. The third-order valence-corrected chi connectivity index (χ3v) is 4.12. The molecule has 0 aliphatic rings. The molecule has 0 aliphatic heterocycles. The minimum Gasteiger partial charge on any atom is -0.354 e. The highest BCUT2D eigenvalue weighted by Crippen LogP contribution is 2.26. The quantitative estimate of drug-likeness (QED) is 0.693. The first kappa shape index (κ1) is 17.2. The Morgan fingerprint density at radius 1 is 0.960 bits per heavy atom. The van der Waals surface area contributed by atoms with Crippen molar-refractivity contribution in [2.45, 2.75) is 6.54 Å². The zero-order valence-corrected chi connectivity index (χ0v) is 14.6. The first-order valence-corrected chi connectivity index (χ1v) is 8.21. The zero-order chi connectivity index (χ0) is 17.6. The van der Waals surface area contributed by atoms with Crippen molar-refractivity contribution in [3.63, 3.8) is 0 Å². The Kier molecular flexibility index (Phi) is 5.48. The summed E-state index contributed by atoms with van der Waals surface area (Å²) in [5, 5.41) is 6.91. The molecule has 0 fully saturated rings. The molecule has 0 spiro atoms. The average molecular weight is 373 g/mol. The van der Waals surface area contributed by atoms with E-state index in [1.165, 1.54) is 6.20 Å². The number of benzene rings is 1. The van der Waals surface area contributed by atoms with Gasteiger partial charge in [0, 0.05) is 30.8 Å². The van der Waals surface area contributed by atoms with Gasteiger partial charge in [-0.3, -0.25) is 14.8 Å². The van der Waals surface area contributed by atoms with Crippen LogP contribution in [0.5, 0.6) is 0 Å². The number of amides is 1. The van der Waals surface area contributed by atoms with Crippen molar-refractivity contribution >= 4 is 40.5 Å². The van der Waals surface area contributed by atoms with Crippen LogP contribution in [0.3, 0.4) is 0 Å². The lowest BCUT2D eigenvalue weighted by molar-refractivity contribution is 0.0950. The molecule has 0 saturated heterocycles. The van der Waals surface area contributed by atoms with Crippen LogP contribution in [-0.4, -0.2) is 15.9 Å². The smallest absolute Gasteiger partial charge is 0.253 e. The van der Waals surface area contributed by atoms with Crippen LogP contribution in [0.25, 0.3) is 0 Å². The molecule has 7 heteroatoms. The predicted octanol–water partition coefficient (Wildman–Crippen LogP) is 4.46.